The maximum Gasteiger partial charge on any atom is 0.236 e. The number of rotatable bonds is 6. The molecular formula is C18H27N5O2. The molecule has 2 aromatic heterocycles. The van der Waals surface area contributed by atoms with Crippen LogP contribution in [0, 0.1) is 6.92 Å². The molecule has 0 saturated carbocycles. The Hall–Kier alpha value is -2.15. The van der Waals surface area contributed by atoms with E-state index in [1.165, 1.54) is 0 Å². The second kappa shape index (κ2) is 7.39. The summed E-state index contributed by atoms with van der Waals surface area (Å²) in [5.41, 5.74) is 0. The van der Waals surface area contributed by atoms with Crippen molar-refractivity contribution in [1.29, 1.82) is 0 Å². The lowest BCUT2D eigenvalue weighted by Gasteiger charge is -2.24. The first-order chi connectivity index (χ1) is 11.9. The van der Waals surface area contributed by atoms with Crippen molar-refractivity contribution >= 4 is 5.91 Å². The molecule has 1 N–H and O–H groups in total. The Morgan fingerprint density at radius 3 is 2.96 bits per heavy atom. The van der Waals surface area contributed by atoms with Crippen molar-refractivity contribution in [1.82, 2.24) is 25.0 Å². The lowest BCUT2D eigenvalue weighted by Crippen LogP contribution is -2.43. The van der Waals surface area contributed by atoms with Crippen LogP contribution in [0.2, 0.25) is 0 Å². The minimum Gasteiger partial charge on any atom is -0.464 e. The summed E-state index contributed by atoms with van der Waals surface area (Å²) in [5.74, 6) is 4.02. The van der Waals surface area contributed by atoms with E-state index in [4.69, 9.17) is 4.42 Å². The second-order valence-corrected chi connectivity index (χ2v) is 7.10. The SMILES string of the molecule is Cc1ccc(CN(C)C(=O)CN[C@@H]2CCc3nc(C(C)C)nn3C2)o1. The standard InChI is InChI=1S/C18H27N5O2/c1-12(2)18-20-16-8-6-14(10-23(16)21-18)19-9-17(24)22(4)11-15-7-5-13(3)25-15/h5,7,12,14,19H,6,8-11H2,1-4H3/t14-/m1/s1. The molecule has 3 heterocycles. The number of aromatic nitrogens is 3. The van der Waals surface area contributed by atoms with E-state index in [-0.39, 0.29) is 11.9 Å². The van der Waals surface area contributed by atoms with Gasteiger partial charge in [-0.1, -0.05) is 13.8 Å². The van der Waals surface area contributed by atoms with Crippen molar-refractivity contribution in [2.75, 3.05) is 13.6 Å². The van der Waals surface area contributed by atoms with E-state index in [1.807, 2.05) is 23.7 Å². The van der Waals surface area contributed by atoms with Crippen LogP contribution in [0.3, 0.4) is 0 Å². The Labute approximate surface area is 148 Å². The number of aryl methyl sites for hydroxylation is 2. The van der Waals surface area contributed by atoms with Crippen molar-refractivity contribution in [2.24, 2.45) is 0 Å². The maximum atomic E-state index is 12.3. The van der Waals surface area contributed by atoms with Crippen molar-refractivity contribution in [3.63, 3.8) is 0 Å². The minimum absolute atomic E-state index is 0.0568. The highest BCUT2D eigenvalue weighted by Crippen LogP contribution is 2.17. The number of hydrogen-bond donors (Lipinski definition) is 1. The number of fused-ring (bicyclic) bond motifs is 1. The van der Waals surface area contributed by atoms with E-state index in [2.05, 4.69) is 29.2 Å². The zero-order valence-electron chi connectivity index (χ0n) is 15.5. The molecule has 1 atom stereocenters. The van der Waals surface area contributed by atoms with Crippen LogP contribution in [0.1, 0.15) is 49.4 Å². The average molecular weight is 345 g/mol. The van der Waals surface area contributed by atoms with Gasteiger partial charge in [-0.05, 0) is 25.5 Å². The summed E-state index contributed by atoms with van der Waals surface area (Å²) in [5, 5.41) is 7.94. The van der Waals surface area contributed by atoms with Crippen LogP contribution >= 0.6 is 0 Å². The minimum atomic E-state index is 0.0568. The van der Waals surface area contributed by atoms with Crippen LogP contribution in [0.5, 0.6) is 0 Å². The topological polar surface area (TPSA) is 76.2 Å². The highest BCUT2D eigenvalue weighted by atomic mass is 16.3. The largest absolute Gasteiger partial charge is 0.464 e. The van der Waals surface area contributed by atoms with Gasteiger partial charge in [0.25, 0.3) is 0 Å². The number of nitrogens with one attached hydrogen (secondary N) is 1. The van der Waals surface area contributed by atoms with Crippen molar-refractivity contribution < 1.29 is 9.21 Å². The summed E-state index contributed by atoms with van der Waals surface area (Å²) >= 11 is 0. The van der Waals surface area contributed by atoms with Gasteiger partial charge in [0, 0.05) is 25.4 Å². The third-order valence-electron chi connectivity index (χ3n) is 4.55. The maximum absolute atomic E-state index is 12.3. The summed E-state index contributed by atoms with van der Waals surface area (Å²) < 4.78 is 7.51. The molecule has 0 aromatic carbocycles. The van der Waals surface area contributed by atoms with E-state index < -0.39 is 0 Å². The summed E-state index contributed by atoms with van der Waals surface area (Å²) in [6.45, 7) is 7.69. The molecule has 7 heteroatoms. The fourth-order valence-electron chi connectivity index (χ4n) is 3.00. The van der Waals surface area contributed by atoms with Crippen LogP contribution in [-0.2, 0) is 24.3 Å². The quantitative estimate of drug-likeness (QED) is 0.865. The third kappa shape index (κ3) is 4.28. The Morgan fingerprint density at radius 1 is 1.48 bits per heavy atom. The molecule has 0 saturated heterocycles. The number of carbonyl (C=O) groups is 1. The number of carbonyl (C=O) groups excluding carboxylic acids is 1. The molecule has 136 valence electrons. The highest BCUT2D eigenvalue weighted by Gasteiger charge is 2.23. The fourth-order valence-corrected chi connectivity index (χ4v) is 3.00. The summed E-state index contributed by atoms with van der Waals surface area (Å²) in [4.78, 5) is 18.6. The number of amides is 1. The van der Waals surface area contributed by atoms with Gasteiger partial charge in [-0.25, -0.2) is 9.67 Å². The van der Waals surface area contributed by atoms with Crippen LogP contribution in [-0.4, -0.2) is 45.2 Å². The zero-order valence-corrected chi connectivity index (χ0v) is 15.5. The van der Waals surface area contributed by atoms with Crippen molar-refractivity contribution in [3.05, 3.63) is 35.3 Å². The molecule has 1 aliphatic heterocycles. The smallest absolute Gasteiger partial charge is 0.236 e. The van der Waals surface area contributed by atoms with Gasteiger partial charge in [-0.2, -0.15) is 5.10 Å². The molecule has 0 unspecified atom stereocenters. The normalized spacial score (nSPS) is 16.9. The fraction of sp³-hybridized carbons (Fsp3) is 0.611. The van der Waals surface area contributed by atoms with Crippen LogP contribution < -0.4 is 5.32 Å². The van der Waals surface area contributed by atoms with Gasteiger partial charge in [-0.3, -0.25) is 4.79 Å². The molecule has 0 aliphatic carbocycles. The summed E-state index contributed by atoms with van der Waals surface area (Å²) in [6, 6.07) is 4.07. The summed E-state index contributed by atoms with van der Waals surface area (Å²) in [6.07, 6.45) is 1.87. The highest BCUT2D eigenvalue weighted by molar-refractivity contribution is 5.77. The molecule has 0 bridgehead atoms. The first-order valence-electron chi connectivity index (χ1n) is 8.88. The summed E-state index contributed by atoms with van der Waals surface area (Å²) in [7, 11) is 1.80. The predicted molar refractivity (Wildman–Crippen MR) is 94.1 cm³/mol. The Balaban J connectivity index is 1.49. The van der Waals surface area contributed by atoms with Crippen molar-refractivity contribution in [2.45, 2.75) is 58.7 Å². The molecule has 7 nitrogen and oxygen atoms in total. The molecule has 1 aliphatic rings. The van der Waals surface area contributed by atoms with E-state index >= 15 is 0 Å². The van der Waals surface area contributed by atoms with Crippen LogP contribution in [0.25, 0.3) is 0 Å². The first-order valence-corrected chi connectivity index (χ1v) is 8.88. The van der Waals surface area contributed by atoms with Gasteiger partial charge in [0.15, 0.2) is 5.82 Å². The molecule has 1 amide bonds. The van der Waals surface area contributed by atoms with Gasteiger partial charge < -0.3 is 14.6 Å². The van der Waals surface area contributed by atoms with E-state index in [0.717, 1.165) is 42.6 Å². The first kappa shape index (κ1) is 17.7. The van der Waals surface area contributed by atoms with E-state index in [1.54, 1.807) is 11.9 Å². The van der Waals surface area contributed by atoms with Gasteiger partial charge >= 0.3 is 0 Å². The third-order valence-corrected chi connectivity index (χ3v) is 4.55. The Kier molecular flexibility index (Phi) is 5.22. The van der Waals surface area contributed by atoms with E-state index in [9.17, 15) is 4.79 Å². The monoisotopic (exact) mass is 345 g/mol. The molecule has 0 spiro atoms. The van der Waals surface area contributed by atoms with Gasteiger partial charge in [0.2, 0.25) is 5.91 Å². The van der Waals surface area contributed by atoms with E-state index in [0.29, 0.717) is 19.0 Å². The lowest BCUT2D eigenvalue weighted by molar-refractivity contribution is -0.129. The molecule has 3 rings (SSSR count). The predicted octanol–water partition coefficient (Wildman–Crippen LogP) is 1.87. The molecule has 25 heavy (non-hydrogen) atoms. The second-order valence-electron chi connectivity index (χ2n) is 7.10. The lowest BCUT2D eigenvalue weighted by atomic mass is 10.1. The molecule has 2 aromatic rings. The Morgan fingerprint density at radius 2 is 2.28 bits per heavy atom. The van der Waals surface area contributed by atoms with Crippen molar-refractivity contribution in [3.8, 4) is 0 Å². The number of nitrogens with zero attached hydrogens (tertiary/aromatic N) is 4. The number of furan rings is 1. The van der Waals surface area contributed by atoms with Gasteiger partial charge in [0.05, 0.1) is 19.6 Å². The molecule has 0 radical (unpaired) electrons. The zero-order chi connectivity index (χ0) is 18.0. The average Bonchev–Trinajstić information content (AvgIpc) is 3.18. The number of hydrogen-bond acceptors (Lipinski definition) is 5. The van der Waals surface area contributed by atoms with Crippen LogP contribution in [0.15, 0.2) is 16.5 Å². The molecule has 0 fully saturated rings. The van der Waals surface area contributed by atoms with Gasteiger partial charge in [-0.15, -0.1) is 0 Å². The number of likely N-dealkylation sites (N-methyl/N-ethyl adjacent to an activating group) is 1. The molecular weight excluding hydrogens is 318 g/mol. The van der Waals surface area contributed by atoms with Gasteiger partial charge in [0.1, 0.15) is 17.3 Å². The van der Waals surface area contributed by atoms with Crippen LogP contribution in [0.4, 0.5) is 0 Å². The Bertz CT molecular complexity index is 734.